The molecular weight excluding hydrogens is 418 g/mol. The third-order valence-corrected chi connectivity index (χ3v) is 6.81. The van der Waals surface area contributed by atoms with Crippen molar-refractivity contribution in [1.82, 2.24) is 29.3 Å². The molecule has 1 fully saturated rings. The van der Waals surface area contributed by atoms with Gasteiger partial charge in [-0.1, -0.05) is 6.07 Å². The SMILES string of the molecule is COc1cc2nn(N3C[C@@H](C)N([C@@H](C)c4ccc5nccnc5c4)C[C@@H]3C)cc2n(C)c1=O. The van der Waals surface area contributed by atoms with E-state index in [2.05, 4.69) is 52.8 Å². The molecule has 5 rings (SSSR count). The molecule has 1 aliphatic rings. The number of piperazine rings is 1. The van der Waals surface area contributed by atoms with Gasteiger partial charge in [-0.05, 0) is 38.5 Å². The van der Waals surface area contributed by atoms with Gasteiger partial charge < -0.3 is 9.30 Å². The van der Waals surface area contributed by atoms with Crippen LogP contribution < -0.4 is 15.3 Å². The van der Waals surface area contributed by atoms with E-state index in [-0.39, 0.29) is 17.6 Å². The fraction of sp³-hybridized carbons (Fsp3) is 0.417. The van der Waals surface area contributed by atoms with Gasteiger partial charge in [0.05, 0.1) is 42.4 Å². The van der Waals surface area contributed by atoms with Crippen molar-refractivity contribution in [3.8, 4) is 5.75 Å². The largest absolute Gasteiger partial charge is 0.491 e. The summed E-state index contributed by atoms with van der Waals surface area (Å²) in [6.07, 6.45) is 5.39. The Balaban J connectivity index is 1.41. The van der Waals surface area contributed by atoms with Crippen LogP contribution in [-0.2, 0) is 7.05 Å². The molecule has 0 N–H and O–H groups in total. The Labute approximate surface area is 192 Å². The first-order valence-electron chi connectivity index (χ1n) is 11.2. The van der Waals surface area contributed by atoms with Crippen molar-refractivity contribution >= 4 is 22.1 Å². The highest BCUT2D eigenvalue weighted by atomic mass is 16.5. The summed E-state index contributed by atoms with van der Waals surface area (Å²) in [5, 5.41) is 7.02. The fourth-order valence-corrected chi connectivity index (χ4v) is 4.86. The average molecular weight is 448 g/mol. The normalized spacial score (nSPS) is 20.5. The van der Waals surface area contributed by atoms with Crippen LogP contribution in [0.2, 0.25) is 0 Å². The number of benzene rings is 1. The molecule has 0 bridgehead atoms. The lowest BCUT2D eigenvalue weighted by Gasteiger charge is -2.47. The highest BCUT2D eigenvalue weighted by Gasteiger charge is 2.33. The van der Waals surface area contributed by atoms with Crippen LogP contribution in [0.25, 0.3) is 22.1 Å². The molecule has 0 unspecified atom stereocenters. The van der Waals surface area contributed by atoms with Gasteiger partial charge in [0, 0.05) is 44.1 Å². The van der Waals surface area contributed by atoms with Gasteiger partial charge in [-0.3, -0.25) is 24.7 Å². The molecule has 0 saturated carbocycles. The molecule has 1 saturated heterocycles. The predicted octanol–water partition coefficient (Wildman–Crippen LogP) is 2.48. The average Bonchev–Trinajstić information content (AvgIpc) is 3.26. The number of fused-ring (bicyclic) bond motifs is 2. The number of aromatic nitrogens is 5. The molecule has 172 valence electrons. The van der Waals surface area contributed by atoms with E-state index in [9.17, 15) is 4.79 Å². The summed E-state index contributed by atoms with van der Waals surface area (Å²) in [7, 11) is 3.25. The highest BCUT2D eigenvalue weighted by molar-refractivity contribution is 5.76. The van der Waals surface area contributed by atoms with E-state index in [0.717, 1.165) is 35.2 Å². The maximum atomic E-state index is 12.4. The summed E-state index contributed by atoms with van der Waals surface area (Å²) in [6, 6.07) is 8.84. The minimum absolute atomic E-state index is 0.162. The Bertz CT molecular complexity index is 1380. The quantitative estimate of drug-likeness (QED) is 0.475. The molecular formula is C24H29N7O2. The van der Waals surface area contributed by atoms with E-state index >= 15 is 0 Å². The van der Waals surface area contributed by atoms with Gasteiger partial charge in [0.2, 0.25) is 0 Å². The zero-order valence-electron chi connectivity index (χ0n) is 19.6. The van der Waals surface area contributed by atoms with E-state index in [1.807, 2.05) is 17.1 Å². The molecule has 0 spiro atoms. The Morgan fingerprint density at radius 2 is 1.79 bits per heavy atom. The maximum absolute atomic E-state index is 12.4. The van der Waals surface area contributed by atoms with Crippen molar-refractivity contribution in [2.75, 3.05) is 25.2 Å². The number of hydrogen-bond acceptors (Lipinski definition) is 7. The van der Waals surface area contributed by atoms with Gasteiger partial charge in [-0.25, -0.2) is 0 Å². The zero-order valence-corrected chi connectivity index (χ0v) is 19.6. The third kappa shape index (κ3) is 3.62. The van der Waals surface area contributed by atoms with Crippen LogP contribution in [0.4, 0.5) is 0 Å². The van der Waals surface area contributed by atoms with Crippen LogP contribution in [0, 0.1) is 0 Å². The minimum atomic E-state index is -0.162. The van der Waals surface area contributed by atoms with E-state index in [0.29, 0.717) is 11.8 Å². The first-order chi connectivity index (χ1) is 15.9. The summed E-state index contributed by atoms with van der Waals surface area (Å²) in [6.45, 7) is 8.42. The third-order valence-electron chi connectivity index (χ3n) is 6.81. The van der Waals surface area contributed by atoms with Crippen LogP contribution in [0.3, 0.4) is 0 Å². The zero-order chi connectivity index (χ0) is 23.3. The lowest BCUT2D eigenvalue weighted by atomic mass is 10.0. The predicted molar refractivity (Wildman–Crippen MR) is 128 cm³/mol. The number of pyridine rings is 1. The van der Waals surface area contributed by atoms with Crippen LogP contribution in [0.15, 0.2) is 47.7 Å². The maximum Gasteiger partial charge on any atom is 0.293 e. The Hall–Kier alpha value is -3.46. The lowest BCUT2D eigenvalue weighted by Crippen LogP contribution is -2.60. The standard InChI is InChI=1S/C24H29N7O2/c1-15-13-30(31-14-22-21(27-31)11-23(33-5)24(32)28(22)4)16(2)12-29(15)17(3)18-6-7-19-20(10-18)26-9-8-25-19/h6-11,14-17H,12-13H2,1-5H3/t15-,16+,17+/m1/s1. The second-order valence-corrected chi connectivity index (χ2v) is 8.89. The number of aryl methyl sites for hydroxylation is 1. The van der Waals surface area contributed by atoms with Crippen LogP contribution in [0.1, 0.15) is 32.4 Å². The first-order valence-corrected chi connectivity index (χ1v) is 11.2. The molecule has 0 radical (unpaired) electrons. The monoisotopic (exact) mass is 447 g/mol. The Kier molecular flexibility index (Phi) is 5.28. The molecule has 9 nitrogen and oxygen atoms in total. The molecule has 4 aromatic rings. The number of hydrogen-bond donors (Lipinski definition) is 0. The molecule has 3 atom stereocenters. The van der Waals surface area contributed by atoms with Crippen molar-refractivity contribution in [2.45, 2.75) is 38.9 Å². The molecule has 0 amide bonds. The molecule has 9 heteroatoms. The van der Waals surface area contributed by atoms with Crippen LogP contribution in [0.5, 0.6) is 5.75 Å². The topological polar surface area (TPSA) is 81.3 Å². The van der Waals surface area contributed by atoms with Crippen molar-refractivity contribution in [3.63, 3.8) is 0 Å². The Morgan fingerprint density at radius 1 is 1.03 bits per heavy atom. The second-order valence-electron chi connectivity index (χ2n) is 8.89. The van der Waals surface area contributed by atoms with Crippen LogP contribution in [-0.4, -0.2) is 61.6 Å². The molecule has 1 aliphatic heterocycles. The number of methoxy groups -OCH3 is 1. The van der Waals surface area contributed by atoms with Gasteiger partial charge in [-0.15, -0.1) is 0 Å². The summed E-state index contributed by atoms with van der Waals surface area (Å²) in [5.74, 6) is 0.301. The Morgan fingerprint density at radius 3 is 2.55 bits per heavy atom. The summed E-state index contributed by atoms with van der Waals surface area (Å²) in [5.41, 5.74) is 4.43. The summed E-state index contributed by atoms with van der Waals surface area (Å²) >= 11 is 0. The number of ether oxygens (including phenoxy) is 1. The van der Waals surface area contributed by atoms with E-state index in [4.69, 9.17) is 9.84 Å². The van der Waals surface area contributed by atoms with Gasteiger partial charge in [-0.2, -0.15) is 9.89 Å². The molecule has 0 aliphatic carbocycles. The second kappa shape index (κ2) is 8.15. The van der Waals surface area contributed by atoms with Crippen molar-refractivity contribution in [1.29, 1.82) is 0 Å². The van der Waals surface area contributed by atoms with Gasteiger partial charge >= 0.3 is 0 Å². The molecule has 33 heavy (non-hydrogen) atoms. The lowest BCUT2D eigenvalue weighted by molar-refractivity contribution is 0.103. The van der Waals surface area contributed by atoms with Crippen molar-refractivity contribution in [2.24, 2.45) is 7.05 Å². The van der Waals surface area contributed by atoms with E-state index < -0.39 is 0 Å². The van der Waals surface area contributed by atoms with Gasteiger partial charge in [0.25, 0.3) is 5.56 Å². The summed E-state index contributed by atoms with van der Waals surface area (Å²) in [4.78, 5) is 25.7. The fourth-order valence-electron chi connectivity index (χ4n) is 4.86. The van der Waals surface area contributed by atoms with E-state index in [1.165, 1.54) is 12.7 Å². The minimum Gasteiger partial charge on any atom is -0.491 e. The molecule has 3 aromatic heterocycles. The van der Waals surface area contributed by atoms with Crippen LogP contribution >= 0.6 is 0 Å². The molecule has 1 aromatic carbocycles. The molecule has 4 heterocycles. The smallest absolute Gasteiger partial charge is 0.293 e. The van der Waals surface area contributed by atoms with E-state index in [1.54, 1.807) is 30.1 Å². The summed E-state index contributed by atoms with van der Waals surface area (Å²) < 4.78 is 6.81. The van der Waals surface area contributed by atoms with Gasteiger partial charge in [0.15, 0.2) is 5.75 Å². The highest BCUT2D eigenvalue weighted by Crippen LogP contribution is 2.28. The number of rotatable bonds is 4. The van der Waals surface area contributed by atoms with Gasteiger partial charge in [0.1, 0.15) is 5.52 Å². The first kappa shape index (κ1) is 21.4. The number of nitrogens with zero attached hydrogens (tertiary/aromatic N) is 7. The van der Waals surface area contributed by atoms with Crippen molar-refractivity contribution < 1.29 is 4.74 Å². The van der Waals surface area contributed by atoms with Crippen molar-refractivity contribution in [3.05, 3.63) is 58.8 Å².